The molecule has 0 saturated carbocycles. The number of aliphatic hydroxyl groups is 2. The SMILES string of the molecule is O=C(N[C@@H](C(=O)N1CCC[C@H]1c1ncc(-c2ccc(-c3ccc(-c4cnc([C@@H]5CCCN5C(=O)[C@H](NC(=O)N5CC[C@H](O)C5)c5ccccc5)[nH]4)cc3)cc2)[nH]1)c1ccccc1)N1CC[C@H](O)C1. The average molecular weight is 917 g/mol. The van der Waals surface area contributed by atoms with Crippen LogP contribution in [0.15, 0.2) is 122 Å². The number of hydrogen-bond donors (Lipinski definition) is 6. The van der Waals surface area contributed by atoms with Crippen LogP contribution in [0.25, 0.3) is 33.6 Å². The Kier molecular flexibility index (Phi) is 12.8. The molecule has 0 spiro atoms. The first-order valence-corrected chi connectivity index (χ1v) is 23.7. The molecular weight excluding hydrogens is 861 g/mol. The number of imidazole rings is 2. The number of likely N-dealkylation sites (tertiary alicyclic amines) is 4. The third-order valence-corrected chi connectivity index (χ3v) is 13.8. The van der Waals surface area contributed by atoms with Gasteiger partial charge in [0.25, 0.3) is 0 Å². The number of β-amino-alcohol motifs (C(OH)–C–C–N with tert-alkyl or cyclic N) is 2. The molecule has 6 N–H and O–H groups in total. The van der Waals surface area contributed by atoms with Crippen molar-refractivity contribution in [3.63, 3.8) is 0 Å². The van der Waals surface area contributed by atoms with Gasteiger partial charge in [-0.3, -0.25) is 9.59 Å². The van der Waals surface area contributed by atoms with Gasteiger partial charge in [0.1, 0.15) is 23.7 Å². The van der Waals surface area contributed by atoms with Crippen LogP contribution in [-0.4, -0.2) is 125 Å². The molecule has 4 aliphatic heterocycles. The monoisotopic (exact) mass is 916 g/mol. The second-order valence-corrected chi connectivity index (χ2v) is 18.3. The van der Waals surface area contributed by atoms with Crippen molar-refractivity contribution in [2.45, 2.75) is 74.9 Å². The van der Waals surface area contributed by atoms with Gasteiger partial charge in [-0.05, 0) is 71.9 Å². The molecule has 4 saturated heterocycles. The van der Waals surface area contributed by atoms with E-state index in [1.807, 2.05) is 70.5 Å². The number of urea groups is 2. The molecule has 4 aliphatic rings. The predicted octanol–water partition coefficient (Wildman–Crippen LogP) is 6.50. The van der Waals surface area contributed by atoms with Gasteiger partial charge < -0.3 is 50.4 Å². The molecule has 6 heterocycles. The minimum atomic E-state index is -0.880. The second kappa shape index (κ2) is 19.5. The van der Waals surface area contributed by atoms with Crippen LogP contribution >= 0.6 is 0 Å². The number of benzene rings is 4. The fourth-order valence-electron chi connectivity index (χ4n) is 10.1. The van der Waals surface area contributed by atoms with E-state index in [9.17, 15) is 29.4 Å². The second-order valence-electron chi connectivity index (χ2n) is 18.3. The number of nitrogens with zero attached hydrogens (tertiary/aromatic N) is 6. The van der Waals surface area contributed by atoms with Crippen LogP contribution in [0.3, 0.4) is 0 Å². The van der Waals surface area contributed by atoms with E-state index in [4.69, 9.17) is 9.97 Å². The molecule has 6 aromatic rings. The third kappa shape index (κ3) is 9.33. The number of carbonyl (C=O) groups excluding carboxylic acids is 4. The summed E-state index contributed by atoms with van der Waals surface area (Å²) in [5.41, 5.74) is 7.05. The fourth-order valence-corrected chi connectivity index (χ4v) is 10.1. The predicted molar refractivity (Wildman–Crippen MR) is 254 cm³/mol. The number of aromatic nitrogens is 4. The summed E-state index contributed by atoms with van der Waals surface area (Å²) in [4.78, 5) is 78.3. The van der Waals surface area contributed by atoms with E-state index in [0.29, 0.717) is 61.8 Å². The van der Waals surface area contributed by atoms with Crippen LogP contribution in [0.4, 0.5) is 9.59 Å². The lowest BCUT2D eigenvalue weighted by atomic mass is 10.0. The lowest BCUT2D eigenvalue weighted by Gasteiger charge is -2.30. The summed E-state index contributed by atoms with van der Waals surface area (Å²) in [6.45, 7) is 2.44. The van der Waals surface area contributed by atoms with Crippen molar-refractivity contribution in [3.05, 3.63) is 144 Å². The Hall–Kier alpha value is -7.30. The van der Waals surface area contributed by atoms with Gasteiger partial charge in [-0.15, -0.1) is 0 Å². The minimum absolute atomic E-state index is 0.197. The van der Waals surface area contributed by atoms with Crippen molar-refractivity contribution < 1.29 is 29.4 Å². The maximum atomic E-state index is 14.3. The Morgan fingerprint density at radius 2 is 0.897 bits per heavy atom. The van der Waals surface area contributed by atoms with Gasteiger partial charge in [-0.25, -0.2) is 19.6 Å². The zero-order valence-corrected chi connectivity index (χ0v) is 37.7. The van der Waals surface area contributed by atoms with Crippen molar-refractivity contribution in [2.24, 2.45) is 0 Å². The number of H-pyrrole nitrogens is 2. The summed E-state index contributed by atoms with van der Waals surface area (Å²) in [7, 11) is 0. The average Bonchev–Trinajstić information content (AvgIpc) is 4.24. The van der Waals surface area contributed by atoms with Crippen molar-refractivity contribution in [1.29, 1.82) is 0 Å². The molecule has 6 atom stereocenters. The number of carbonyl (C=O) groups is 4. The summed E-state index contributed by atoms with van der Waals surface area (Å²) in [6, 6.07) is 32.0. The summed E-state index contributed by atoms with van der Waals surface area (Å²) < 4.78 is 0. The molecular formula is C52H56N10O6. The number of nitrogens with one attached hydrogen (secondary N) is 4. The molecule has 0 aliphatic carbocycles. The lowest BCUT2D eigenvalue weighted by molar-refractivity contribution is -0.135. The molecule has 350 valence electrons. The van der Waals surface area contributed by atoms with Crippen LogP contribution in [0, 0.1) is 0 Å². The molecule has 4 aromatic carbocycles. The Morgan fingerprint density at radius 1 is 0.515 bits per heavy atom. The first-order chi connectivity index (χ1) is 33.2. The van der Waals surface area contributed by atoms with Crippen LogP contribution in [0.1, 0.15) is 85.5 Å². The Morgan fingerprint density at radius 3 is 1.26 bits per heavy atom. The summed E-state index contributed by atoms with van der Waals surface area (Å²) in [5.74, 6) is 0.996. The summed E-state index contributed by atoms with van der Waals surface area (Å²) >= 11 is 0. The molecule has 10 rings (SSSR count). The van der Waals surface area contributed by atoms with Gasteiger partial charge in [0, 0.05) is 39.3 Å². The molecule has 0 radical (unpaired) electrons. The van der Waals surface area contributed by atoms with Gasteiger partial charge in [-0.2, -0.15) is 0 Å². The third-order valence-electron chi connectivity index (χ3n) is 13.8. The molecule has 0 unspecified atom stereocenters. The van der Waals surface area contributed by atoms with Gasteiger partial charge in [0.2, 0.25) is 11.8 Å². The number of amides is 6. The molecule has 2 aromatic heterocycles. The number of aliphatic hydroxyl groups excluding tert-OH is 2. The molecule has 6 amide bonds. The smallest absolute Gasteiger partial charge is 0.318 e. The van der Waals surface area contributed by atoms with Crippen LogP contribution in [0.5, 0.6) is 0 Å². The highest BCUT2D eigenvalue weighted by molar-refractivity contribution is 5.90. The van der Waals surface area contributed by atoms with Gasteiger partial charge in [0.05, 0.1) is 48.1 Å². The van der Waals surface area contributed by atoms with E-state index < -0.39 is 24.3 Å². The number of rotatable bonds is 11. The van der Waals surface area contributed by atoms with Crippen LogP contribution < -0.4 is 10.6 Å². The summed E-state index contributed by atoms with van der Waals surface area (Å²) in [5, 5.41) is 26.0. The molecule has 0 bridgehead atoms. The largest absolute Gasteiger partial charge is 0.391 e. The Balaban J connectivity index is 0.790. The molecule has 68 heavy (non-hydrogen) atoms. The zero-order valence-electron chi connectivity index (χ0n) is 37.7. The first-order valence-electron chi connectivity index (χ1n) is 23.7. The van der Waals surface area contributed by atoms with E-state index >= 15 is 0 Å². The molecule has 4 fully saturated rings. The highest BCUT2D eigenvalue weighted by Crippen LogP contribution is 2.37. The van der Waals surface area contributed by atoms with Crippen molar-refractivity contribution in [2.75, 3.05) is 39.3 Å². The van der Waals surface area contributed by atoms with E-state index in [-0.39, 0.29) is 49.0 Å². The van der Waals surface area contributed by atoms with Gasteiger partial charge >= 0.3 is 12.1 Å². The summed E-state index contributed by atoms with van der Waals surface area (Å²) in [6.07, 6.45) is 6.60. The van der Waals surface area contributed by atoms with Crippen molar-refractivity contribution in [1.82, 2.24) is 50.2 Å². The fraction of sp³-hybridized carbons (Fsp3) is 0.346. The quantitative estimate of drug-likeness (QED) is 0.0846. The molecule has 16 heteroatoms. The minimum Gasteiger partial charge on any atom is -0.391 e. The van der Waals surface area contributed by atoms with E-state index in [0.717, 1.165) is 59.3 Å². The van der Waals surface area contributed by atoms with Crippen LogP contribution in [-0.2, 0) is 9.59 Å². The Bertz CT molecular complexity index is 2540. The van der Waals surface area contributed by atoms with E-state index in [2.05, 4.69) is 69.1 Å². The maximum Gasteiger partial charge on any atom is 0.318 e. The number of aromatic amines is 2. The maximum absolute atomic E-state index is 14.3. The van der Waals surface area contributed by atoms with Crippen molar-refractivity contribution in [3.8, 4) is 33.6 Å². The topological polar surface area (TPSA) is 203 Å². The van der Waals surface area contributed by atoms with Crippen LogP contribution in [0.2, 0.25) is 0 Å². The van der Waals surface area contributed by atoms with Crippen molar-refractivity contribution >= 4 is 23.9 Å². The lowest BCUT2D eigenvalue weighted by Crippen LogP contribution is -2.47. The van der Waals surface area contributed by atoms with E-state index in [1.54, 1.807) is 22.2 Å². The highest BCUT2D eigenvalue weighted by atomic mass is 16.3. The highest BCUT2D eigenvalue weighted by Gasteiger charge is 2.40. The van der Waals surface area contributed by atoms with Gasteiger partial charge in [0.15, 0.2) is 0 Å². The zero-order chi connectivity index (χ0) is 46.7. The standard InChI is InChI=1S/C52H56N10O6/c63-39-23-27-59(31-39)51(67)57-45(37-9-3-1-4-10-37)49(65)61-25-7-13-43(61)47-53-29-41(55-47)35-19-15-33(16-20-35)34-17-21-36(22-18-34)42-30-54-48(56-42)44-14-8-26-62(44)50(66)46(38-11-5-2-6-12-38)58-52(68)60-28-24-40(64)32-60/h1-6,9-12,15-22,29-30,39-40,43-46,63-64H,7-8,13-14,23-28,31-32H2,(H,53,55)(H,54,56)(H,57,67)(H,58,68)/t39-,40-,43-,44-,45+,46+/m0/s1. The Labute approximate surface area is 394 Å². The molecule has 16 nitrogen and oxygen atoms in total. The van der Waals surface area contributed by atoms with E-state index in [1.165, 1.54) is 0 Å². The first kappa shape index (κ1) is 44.5. The normalized spacial score (nSPS) is 21.3. The number of hydrogen-bond acceptors (Lipinski definition) is 8. The van der Waals surface area contributed by atoms with Gasteiger partial charge in [-0.1, -0.05) is 109 Å².